The fraction of sp³-hybridized carbons (Fsp3) is 0.769. The molecule has 0 rings (SSSR count). The van der Waals surface area contributed by atoms with Crippen LogP contribution in [0.5, 0.6) is 0 Å². The molecule has 0 saturated carbocycles. The highest BCUT2D eigenvalue weighted by atomic mass is 28.4. The number of carbonyl (C=O) groups excluding carboxylic acids is 1. The minimum Gasteiger partial charge on any atom is -0.416 e. The lowest BCUT2D eigenvalue weighted by atomic mass is 9.97. The van der Waals surface area contributed by atoms with E-state index in [-0.39, 0.29) is 16.9 Å². The van der Waals surface area contributed by atoms with Crippen molar-refractivity contribution in [3.63, 3.8) is 0 Å². The zero-order valence-corrected chi connectivity index (χ0v) is 12.5. The molecule has 0 bridgehead atoms. The third-order valence-corrected chi connectivity index (χ3v) is 8.14. The zero-order valence-electron chi connectivity index (χ0n) is 11.5. The molecule has 0 radical (unpaired) electrons. The van der Waals surface area contributed by atoms with Crippen molar-refractivity contribution in [1.29, 1.82) is 0 Å². The van der Waals surface area contributed by atoms with E-state index in [0.717, 1.165) is 6.29 Å². The molecule has 0 N–H and O–H groups in total. The Bertz CT molecular complexity index is 241. The monoisotopic (exact) mass is 242 g/mol. The van der Waals surface area contributed by atoms with Gasteiger partial charge in [-0.25, -0.2) is 0 Å². The van der Waals surface area contributed by atoms with E-state index in [0.29, 0.717) is 6.61 Å². The summed E-state index contributed by atoms with van der Waals surface area (Å²) in [6.07, 6.45) is 2.80. The van der Waals surface area contributed by atoms with Crippen LogP contribution in [0.3, 0.4) is 0 Å². The van der Waals surface area contributed by atoms with Gasteiger partial charge in [0.25, 0.3) is 0 Å². The summed E-state index contributed by atoms with van der Waals surface area (Å²) in [5.74, 6) is 0.119. The maximum absolute atomic E-state index is 10.7. The fourth-order valence-electron chi connectivity index (χ4n) is 1.06. The first kappa shape index (κ1) is 15.6. The topological polar surface area (TPSA) is 26.3 Å². The van der Waals surface area contributed by atoms with Gasteiger partial charge >= 0.3 is 0 Å². The molecule has 0 fully saturated rings. The molecule has 0 heterocycles. The minimum atomic E-state index is -1.71. The Labute approximate surface area is 101 Å². The molecule has 3 heteroatoms. The quantitative estimate of drug-likeness (QED) is 0.404. The van der Waals surface area contributed by atoms with Crippen molar-refractivity contribution in [3.05, 3.63) is 12.7 Å². The van der Waals surface area contributed by atoms with E-state index >= 15 is 0 Å². The van der Waals surface area contributed by atoms with Gasteiger partial charge in [-0.05, 0) is 18.1 Å². The molecule has 94 valence electrons. The highest BCUT2D eigenvalue weighted by molar-refractivity contribution is 6.74. The summed E-state index contributed by atoms with van der Waals surface area (Å²) < 4.78 is 6.08. The molecule has 2 nitrogen and oxygen atoms in total. The summed E-state index contributed by atoms with van der Waals surface area (Å²) in [5.41, 5.74) is 0. The molecule has 0 aliphatic heterocycles. The van der Waals surface area contributed by atoms with Crippen LogP contribution in [-0.2, 0) is 9.22 Å². The lowest BCUT2D eigenvalue weighted by Crippen LogP contribution is -2.42. The highest BCUT2D eigenvalue weighted by Crippen LogP contribution is 2.37. The van der Waals surface area contributed by atoms with E-state index in [1.807, 2.05) is 13.0 Å². The van der Waals surface area contributed by atoms with Gasteiger partial charge in [0, 0.05) is 18.4 Å². The van der Waals surface area contributed by atoms with Crippen molar-refractivity contribution in [3.8, 4) is 0 Å². The second-order valence-electron chi connectivity index (χ2n) is 5.97. The molecule has 0 saturated heterocycles. The van der Waals surface area contributed by atoms with Crippen LogP contribution in [0.2, 0.25) is 18.1 Å². The fourth-order valence-corrected chi connectivity index (χ4v) is 2.10. The largest absolute Gasteiger partial charge is 0.416 e. The van der Waals surface area contributed by atoms with Gasteiger partial charge in [-0.2, -0.15) is 0 Å². The summed E-state index contributed by atoms with van der Waals surface area (Å²) in [6, 6.07) is 0. The standard InChI is InChI=1S/C13H26O2Si/c1-8-12(11(2)9-14)10-15-16(6,7)13(3,4)5/h8-9,11-12H,1,10H2,2-7H3/t11-,12+/m1/s1. The first-order valence-corrected chi connectivity index (χ1v) is 8.78. The number of hydrogen-bond acceptors (Lipinski definition) is 2. The molecule has 2 atom stereocenters. The predicted molar refractivity (Wildman–Crippen MR) is 72.1 cm³/mol. The lowest BCUT2D eigenvalue weighted by molar-refractivity contribution is -0.111. The Morgan fingerprint density at radius 1 is 1.38 bits per heavy atom. The van der Waals surface area contributed by atoms with Gasteiger partial charge in [-0.1, -0.05) is 33.8 Å². The molecule has 0 amide bonds. The van der Waals surface area contributed by atoms with E-state index in [2.05, 4.69) is 40.4 Å². The molecule has 0 aliphatic rings. The molecule has 0 unspecified atom stereocenters. The molecular formula is C13H26O2Si. The van der Waals surface area contributed by atoms with Gasteiger partial charge in [0.2, 0.25) is 0 Å². The number of carbonyl (C=O) groups is 1. The molecular weight excluding hydrogens is 216 g/mol. The maximum atomic E-state index is 10.7. The van der Waals surface area contributed by atoms with Crippen molar-refractivity contribution in [2.45, 2.75) is 45.8 Å². The summed E-state index contributed by atoms with van der Waals surface area (Å²) in [6.45, 7) is 17.4. The smallest absolute Gasteiger partial charge is 0.192 e. The van der Waals surface area contributed by atoms with Crippen LogP contribution in [0, 0.1) is 11.8 Å². The van der Waals surface area contributed by atoms with E-state index < -0.39 is 8.32 Å². The van der Waals surface area contributed by atoms with Gasteiger partial charge in [0.05, 0.1) is 0 Å². The number of aldehydes is 1. The van der Waals surface area contributed by atoms with Crippen LogP contribution in [0.15, 0.2) is 12.7 Å². The highest BCUT2D eigenvalue weighted by Gasteiger charge is 2.37. The van der Waals surface area contributed by atoms with Crippen LogP contribution in [-0.4, -0.2) is 21.2 Å². The normalized spacial score (nSPS) is 16.6. The first-order valence-electron chi connectivity index (χ1n) is 5.87. The summed E-state index contributed by atoms with van der Waals surface area (Å²) in [4.78, 5) is 10.7. The second kappa shape index (κ2) is 5.78. The number of rotatable bonds is 6. The Kier molecular flexibility index (Phi) is 5.63. The third-order valence-electron chi connectivity index (χ3n) is 3.64. The number of hydrogen-bond donors (Lipinski definition) is 0. The van der Waals surface area contributed by atoms with Crippen LogP contribution >= 0.6 is 0 Å². The average Bonchev–Trinajstić information content (AvgIpc) is 2.16. The zero-order chi connectivity index (χ0) is 13.0. The van der Waals surface area contributed by atoms with E-state index in [4.69, 9.17) is 4.43 Å². The molecule has 0 aliphatic carbocycles. The van der Waals surface area contributed by atoms with Gasteiger partial charge in [-0.15, -0.1) is 6.58 Å². The molecule has 16 heavy (non-hydrogen) atoms. The molecule has 0 aromatic rings. The molecule has 0 aromatic carbocycles. The van der Waals surface area contributed by atoms with Crippen molar-refractivity contribution in [2.75, 3.05) is 6.61 Å². The van der Waals surface area contributed by atoms with Gasteiger partial charge in [-0.3, -0.25) is 0 Å². The predicted octanol–water partition coefficient (Wildman–Crippen LogP) is 3.65. The van der Waals surface area contributed by atoms with Gasteiger partial charge < -0.3 is 9.22 Å². The van der Waals surface area contributed by atoms with Crippen molar-refractivity contribution < 1.29 is 9.22 Å². The van der Waals surface area contributed by atoms with Crippen molar-refractivity contribution in [1.82, 2.24) is 0 Å². The lowest BCUT2D eigenvalue weighted by Gasteiger charge is -2.37. The third kappa shape index (κ3) is 4.22. The second-order valence-corrected chi connectivity index (χ2v) is 10.8. The summed E-state index contributed by atoms with van der Waals surface area (Å²) >= 11 is 0. The van der Waals surface area contributed by atoms with Crippen LogP contribution < -0.4 is 0 Å². The molecule has 0 aromatic heterocycles. The maximum Gasteiger partial charge on any atom is 0.192 e. The van der Waals surface area contributed by atoms with Crippen LogP contribution in [0.25, 0.3) is 0 Å². The van der Waals surface area contributed by atoms with E-state index in [9.17, 15) is 4.79 Å². The Morgan fingerprint density at radius 2 is 1.88 bits per heavy atom. The van der Waals surface area contributed by atoms with Crippen LogP contribution in [0.4, 0.5) is 0 Å². The SMILES string of the molecule is C=C[C@@H](CO[Si](C)(C)C(C)(C)C)[C@H](C)C=O. The van der Waals surface area contributed by atoms with E-state index in [1.54, 1.807) is 0 Å². The van der Waals surface area contributed by atoms with E-state index in [1.165, 1.54) is 0 Å². The van der Waals surface area contributed by atoms with Gasteiger partial charge in [0.1, 0.15) is 6.29 Å². The average molecular weight is 242 g/mol. The Balaban J connectivity index is 4.42. The molecule has 0 spiro atoms. The van der Waals surface area contributed by atoms with Gasteiger partial charge in [0.15, 0.2) is 8.32 Å². The summed E-state index contributed by atoms with van der Waals surface area (Å²) in [7, 11) is -1.71. The minimum absolute atomic E-state index is 0.0118. The van der Waals surface area contributed by atoms with Crippen LogP contribution in [0.1, 0.15) is 27.7 Å². The summed E-state index contributed by atoms with van der Waals surface area (Å²) in [5, 5.41) is 0.211. The Hall–Kier alpha value is -0.413. The Morgan fingerprint density at radius 3 is 2.19 bits per heavy atom. The van der Waals surface area contributed by atoms with Crippen molar-refractivity contribution >= 4 is 14.6 Å². The first-order chi connectivity index (χ1) is 7.15. The van der Waals surface area contributed by atoms with Crippen molar-refractivity contribution in [2.24, 2.45) is 11.8 Å².